The maximum Gasteiger partial charge on any atom is 0.280 e. The fourth-order valence-electron chi connectivity index (χ4n) is 4.14. The summed E-state index contributed by atoms with van der Waals surface area (Å²) in [6.45, 7) is 11.7. The summed E-state index contributed by atoms with van der Waals surface area (Å²) >= 11 is 1.63. The molecule has 1 aliphatic carbocycles. The number of amides is 1. The summed E-state index contributed by atoms with van der Waals surface area (Å²) in [5.41, 5.74) is 2.18. The summed E-state index contributed by atoms with van der Waals surface area (Å²) in [7, 11) is 2.21. The predicted molar refractivity (Wildman–Crippen MR) is 105 cm³/mol. The summed E-state index contributed by atoms with van der Waals surface area (Å²) in [5, 5.41) is 13.5. The fraction of sp³-hybridized carbons (Fsp3) is 0.700. The Bertz CT molecular complexity index is 705. The summed E-state index contributed by atoms with van der Waals surface area (Å²) < 4.78 is 0. The molecule has 6 heteroatoms. The molecule has 1 aliphatic heterocycles. The van der Waals surface area contributed by atoms with Gasteiger partial charge in [0, 0.05) is 4.88 Å². The van der Waals surface area contributed by atoms with Gasteiger partial charge in [0.05, 0.1) is 12.6 Å². The molecule has 142 valence electrons. The number of hydrogen-bond acceptors (Lipinski definition) is 3. The Kier molecular flexibility index (Phi) is 5.71. The van der Waals surface area contributed by atoms with Crippen molar-refractivity contribution in [1.82, 2.24) is 0 Å². The highest BCUT2D eigenvalue weighted by Crippen LogP contribution is 2.43. The number of nitrogens with one attached hydrogen (secondary N) is 3. The van der Waals surface area contributed by atoms with E-state index in [2.05, 4.69) is 39.2 Å². The van der Waals surface area contributed by atoms with Gasteiger partial charge in [-0.1, -0.05) is 20.8 Å². The van der Waals surface area contributed by atoms with Gasteiger partial charge in [-0.3, -0.25) is 4.79 Å². The molecule has 0 aromatic carbocycles. The normalized spacial score (nSPS) is 26.0. The van der Waals surface area contributed by atoms with Crippen LogP contribution in [0.4, 0.5) is 5.00 Å². The Balaban J connectivity index is 1.68. The zero-order chi connectivity index (χ0) is 18.9. The molecule has 1 aromatic heterocycles. The molecule has 0 bridgehead atoms. The molecule has 3 rings (SSSR count). The molecule has 1 saturated heterocycles. The van der Waals surface area contributed by atoms with Gasteiger partial charge in [-0.2, -0.15) is 5.26 Å². The van der Waals surface area contributed by atoms with Crippen LogP contribution in [0.1, 0.15) is 43.2 Å². The van der Waals surface area contributed by atoms with Crippen molar-refractivity contribution in [3.05, 3.63) is 16.0 Å². The quantitative estimate of drug-likeness (QED) is 0.702. The third kappa shape index (κ3) is 4.28. The molecule has 3 N–H and O–H groups in total. The van der Waals surface area contributed by atoms with Crippen molar-refractivity contribution in [3.63, 3.8) is 0 Å². The Hall–Kier alpha value is -1.42. The van der Waals surface area contributed by atoms with E-state index in [9.17, 15) is 10.1 Å². The molecule has 5 nitrogen and oxygen atoms in total. The number of rotatable bonds is 3. The van der Waals surface area contributed by atoms with Gasteiger partial charge < -0.3 is 15.1 Å². The first kappa shape index (κ1) is 19.3. The number of nitrogens with zero attached hydrogens (tertiary/aromatic N) is 1. The van der Waals surface area contributed by atoms with Crippen molar-refractivity contribution in [2.75, 3.05) is 45.1 Å². The number of carbonyl (C=O) groups excluding carboxylic acids is 1. The van der Waals surface area contributed by atoms with Gasteiger partial charge in [0.2, 0.25) is 0 Å². The number of likely N-dealkylation sites (N-methyl/N-ethyl adjacent to an activating group) is 1. The molecule has 1 fully saturated rings. The second-order valence-corrected chi connectivity index (χ2v) is 10.2. The lowest BCUT2D eigenvalue weighted by Crippen LogP contribution is -3.27. The number of nitriles is 1. The van der Waals surface area contributed by atoms with E-state index in [4.69, 9.17) is 0 Å². The predicted octanol–water partition coefficient (Wildman–Crippen LogP) is 0.122. The molecule has 1 atom stereocenters. The standard InChI is InChI=1S/C20H30N4OS/c1-20(2,3)14-5-6-15-16(12-21)19(26-17(15)11-14)22-18(25)13-24-9-7-23(4)8-10-24/h14H,5-11,13H2,1-4H3,(H,22,25)/p+2/t14-/m0/s1. The van der Waals surface area contributed by atoms with Crippen LogP contribution in [-0.2, 0) is 17.6 Å². The smallest absolute Gasteiger partial charge is 0.280 e. The number of quaternary nitrogens is 2. The van der Waals surface area contributed by atoms with Crippen molar-refractivity contribution >= 4 is 22.2 Å². The number of hydrogen-bond donors (Lipinski definition) is 3. The van der Waals surface area contributed by atoms with E-state index in [1.807, 2.05) is 0 Å². The lowest BCUT2D eigenvalue weighted by molar-refractivity contribution is -0.999. The topological polar surface area (TPSA) is 61.8 Å². The summed E-state index contributed by atoms with van der Waals surface area (Å²) in [4.78, 5) is 16.7. The molecular formula is C20H32N4OS+2. The van der Waals surface area contributed by atoms with Crippen LogP contribution in [0.2, 0.25) is 0 Å². The van der Waals surface area contributed by atoms with E-state index in [0.717, 1.165) is 50.4 Å². The first-order chi connectivity index (χ1) is 12.3. The van der Waals surface area contributed by atoms with E-state index in [0.29, 0.717) is 18.0 Å². The molecule has 1 aromatic rings. The Labute approximate surface area is 161 Å². The summed E-state index contributed by atoms with van der Waals surface area (Å²) in [6, 6.07) is 2.36. The molecule has 1 amide bonds. The average molecular weight is 377 g/mol. The van der Waals surface area contributed by atoms with Crippen LogP contribution in [-0.4, -0.2) is 45.7 Å². The number of anilines is 1. The molecule has 2 heterocycles. The number of piperazine rings is 1. The highest BCUT2D eigenvalue weighted by atomic mass is 32.1. The second kappa shape index (κ2) is 7.67. The van der Waals surface area contributed by atoms with E-state index < -0.39 is 0 Å². The zero-order valence-electron chi connectivity index (χ0n) is 16.5. The van der Waals surface area contributed by atoms with Crippen molar-refractivity contribution in [2.24, 2.45) is 11.3 Å². The van der Waals surface area contributed by atoms with Gasteiger partial charge in [0.25, 0.3) is 5.91 Å². The minimum absolute atomic E-state index is 0.0435. The second-order valence-electron chi connectivity index (χ2n) is 9.06. The van der Waals surface area contributed by atoms with E-state index >= 15 is 0 Å². The van der Waals surface area contributed by atoms with Crippen LogP contribution in [0.25, 0.3) is 0 Å². The van der Waals surface area contributed by atoms with Gasteiger partial charge in [0.1, 0.15) is 37.2 Å². The van der Waals surface area contributed by atoms with Crippen LogP contribution in [0.15, 0.2) is 0 Å². The minimum atomic E-state index is 0.0435. The maximum atomic E-state index is 12.5. The Morgan fingerprint density at radius 2 is 2.00 bits per heavy atom. The Morgan fingerprint density at radius 3 is 2.62 bits per heavy atom. The van der Waals surface area contributed by atoms with Gasteiger partial charge in [-0.25, -0.2) is 0 Å². The fourth-order valence-corrected chi connectivity index (χ4v) is 5.43. The van der Waals surface area contributed by atoms with E-state index in [1.54, 1.807) is 16.2 Å². The first-order valence-corrected chi connectivity index (χ1v) is 10.6. The molecule has 26 heavy (non-hydrogen) atoms. The molecule has 0 radical (unpaired) electrons. The summed E-state index contributed by atoms with van der Waals surface area (Å²) in [6.07, 6.45) is 3.11. The number of fused-ring (bicyclic) bond motifs is 1. The lowest BCUT2D eigenvalue weighted by Gasteiger charge is -2.33. The first-order valence-electron chi connectivity index (χ1n) is 9.77. The molecule has 0 saturated carbocycles. The lowest BCUT2D eigenvalue weighted by atomic mass is 9.72. The maximum absolute atomic E-state index is 12.5. The average Bonchev–Trinajstić information content (AvgIpc) is 2.92. The van der Waals surface area contributed by atoms with Crippen molar-refractivity contribution in [3.8, 4) is 6.07 Å². The third-order valence-corrected chi connectivity index (χ3v) is 7.25. The van der Waals surface area contributed by atoms with Crippen LogP contribution in [0.5, 0.6) is 0 Å². The number of carbonyl (C=O) groups is 1. The van der Waals surface area contributed by atoms with Crippen LogP contribution in [0.3, 0.4) is 0 Å². The molecule has 0 spiro atoms. The van der Waals surface area contributed by atoms with Crippen LogP contribution in [0, 0.1) is 22.7 Å². The number of thiophene rings is 1. The monoisotopic (exact) mass is 376 g/mol. The molecular weight excluding hydrogens is 344 g/mol. The van der Waals surface area contributed by atoms with Crippen LogP contribution >= 0.6 is 11.3 Å². The third-order valence-electron chi connectivity index (χ3n) is 6.08. The Morgan fingerprint density at radius 1 is 1.31 bits per heavy atom. The van der Waals surface area contributed by atoms with E-state index in [-0.39, 0.29) is 11.3 Å². The molecule has 2 aliphatic rings. The largest absolute Gasteiger partial charge is 0.328 e. The highest BCUT2D eigenvalue weighted by Gasteiger charge is 2.32. The van der Waals surface area contributed by atoms with Gasteiger partial charge in [-0.15, -0.1) is 11.3 Å². The van der Waals surface area contributed by atoms with E-state index in [1.165, 1.54) is 15.3 Å². The molecule has 0 unspecified atom stereocenters. The van der Waals surface area contributed by atoms with Crippen molar-refractivity contribution < 1.29 is 14.6 Å². The zero-order valence-corrected chi connectivity index (χ0v) is 17.3. The van der Waals surface area contributed by atoms with Gasteiger partial charge in [-0.05, 0) is 36.2 Å². The SMILES string of the molecule is C[NH+]1CC[NH+](CC(=O)Nc2sc3c(c2C#N)CC[C@H](C(C)(C)C)C3)CC1. The van der Waals surface area contributed by atoms with Crippen molar-refractivity contribution in [1.29, 1.82) is 5.26 Å². The minimum Gasteiger partial charge on any atom is -0.328 e. The van der Waals surface area contributed by atoms with Crippen molar-refractivity contribution in [2.45, 2.75) is 40.0 Å². The van der Waals surface area contributed by atoms with Crippen LogP contribution < -0.4 is 15.1 Å². The summed E-state index contributed by atoms with van der Waals surface area (Å²) in [5.74, 6) is 0.683. The van der Waals surface area contributed by atoms with Gasteiger partial charge >= 0.3 is 0 Å². The van der Waals surface area contributed by atoms with Gasteiger partial charge in [0.15, 0.2) is 6.54 Å². The highest BCUT2D eigenvalue weighted by molar-refractivity contribution is 7.16.